The zero-order valence-corrected chi connectivity index (χ0v) is 19.3. The second-order valence-corrected chi connectivity index (χ2v) is 10.7. The number of pyridine rings is 1. The quantitative estimate of drug-likeness (QED) is 0.530. The van der Waals surface area contributed by atoms with Crippen molar-refractivity contribution in [1.29, 1.82) is 0 Å². The Morgan fingerprint density at radius 3 is 2.66 bits per heavy atom. The van der Waals surface area contributed by atoms with Gasteiger partial charge in [0.05, 0.1) is 21.2 Å². The van der Waals surface area contributed by atoms with Crippen LogP contribution >= 0.6 is 11.8 Å². The van der Waals surface area contributed by atoms with Crippen LogP contribution in [0.15, 0.2) is 58.5 Å². The highest BCUT2D eigenvalue weighted by molar-refractivity contribution is 7.99. The minimum Gasteiger partial charge on any atom is -0.325 e. The van der Waals surface area contributed by atoms with Crippen molar-refractivity contribution in [2.75, 3.05) is 24.2 Å². The summed E-state index contributed by atoms with van der Waals surface area (Å²) in [5.41, 5.74) is 1.97. The fraction of sp³-hybridized carbons (Fsp3) is 0.304. The van der Waals surface area contributed by atoms with Crippen LogP contribution in [0.1, 0.15) is 24.8 Å². The van der Waals surface area contributed by atoms with Crippen molar-refractivity contribution in [1.82, 2.24) is 9.29 Å². The maximum Gasteiger partial charge on any atom is 0.243 e. The maximum atomic E-state index is 13.3. The van der Waals surface area contributed by atoms with E-state index in [-0.39, 0.29) is 16.6 Å². The van der Waals surface area contributed by atoms with Crippen molar-refractivity contribution in [3.63, 3.8) is 0 Å². The van der Waals surface area contributed by atoms with E-state index in [1.165, 1.54) is 30.0 Å². The number of halogens is 1. The molecule has 2 aromatic carbocycles. The summed E-state index contributed by atoms with van der Waals surface area (Å²) in [5.74, 6) is -0.553. The Kier molecular flexibility index (Phi) is 6.78. The largest absolute Gasteiger partial charge is 0.325 e. The Morgan fingerprint density at radius 1 is 1.12 bits per heavy atom. The number of carbonyl (C=O) groups is 1. The molecule has 0 radical (unpaired) electrons. The third-order valence-electron chi connectivity index (χ3n) is 5.38. The molecule has 6 nitrogen and oxygen atoms in total. The van der Waals surface area contributed by atoms with E-state index in [0.29, 0.717) is 29.3 Å². The monoisotopic (exact) mass is 473 g/mol. The third kappa shape index (κ3) is 5.11. The first-order valence-corrected chi connectivity index (χ1v) is 12.9. The zero-order valence-electron chi connectivity index (χ0n) is 17.7. The molecule has 0 unspecified atom stereocenters. The normalized spacial score (nSPS) is 15.1. The number of benzene rings is 2. The lowest BCUT2D eigenvalue weighted by atomic mass is 10.1. The van der Waals surface area contributed by atoms with Crippen LogP contribution in [0.25, 0.3) is 10.9 Å². The van der Waals surface area contributed by atoms with Crippen molar-refractivity contribution >= 4 is 44.3 Å². The zero-order chi connectivity index (χ0) is 22.7. The Bertz CT molecular complexity index is 1260. The van der Waals surface area contributed by atoms with Gasteiger partial charge in [-0.3, -0.25) is 4.79 Å². The second kappa shape index (κ2) is 9.56. The summed E-state index contributed by atoms with van der Waals surface area (Å²) in [4.78, 5) is 17.1. The molecule has 1 fully saturated rings. The first kappa shape index (κ1) is 22.7. The van der Waals surface area contributed by atoms with E-state index < -0.39 is 15.8 Å². The Morgan fingerprint density at radius 2 is 1.91 bits per heavy atom. The number of nitrogens with one attached hydrogen (secondary N) is 1. The van der Waals surface area contributed by atoms with Gasteiger partial charge >= 0.3 is 0 Å². The average molecular weight is 474 g/mol. The van der Waals surface area contributed by atoms with E-state index >= 15 is 0 Å². The summed E-state index contributed by atoms with van der Waals surface area (Å²) in [6.07, 6.45) is 2.84. The van der Waals surface area contributed by atoms with E-state index in [2.05, 4.69) is 10.3 Å². The highest BCUT2D eigenvalue weighted by Crippen LogP contribution is 2.28. The summed E-state index contributed by atoms with van der Waals surface area (Å²) >= 11 is 1.27. The molecule has 2 heterocycles. The first-order chi connectivity index (χ1) is 15.3. The number of piperidine rings is 1. The van der Waals surface area contributed by atoms with Crippen LogP contribution in [-0.2, 0) is 14.8 Å². The smallest absolute Gasteiger partial charge is 0.243 e. The minimum atomic E-state index is -3.51. The molecule has 4 rings (SSSR count). The van der Waals surface area contributed by atoms with Gasteiger partial charge in [-0.15, -0.1) is 0 Å². The van der Waals surface area contributed by atoms with Crippen molar-refractivity contribution in [2.24, 2.45) is 0 Å². The van der Waals surface area contributed by atoms with E-state index in [9.17, 15) is 17.6 Å². The van der Waals surface area contributed by atoms with E-state index in [4.69, 9.17) is 0 Å². The molecule has 9 heteroatoms. The van der Waals surface area contributed by atoms with Gasteiger partial charge in [0.25, 0.3) is 0 Å². The van der Waals surface area contributed by atoms with Gasteiger partial charge in [-0.05, 0) is 67.8 Å². The number of anilines is 1. The van der Waals surface area contributed by atoms with Crippen molar-refractivity contribution in [2.45, 2.75) is 36.1 Å². The number of hydrogen-bond acceptors (Lipinski definition) is 5. The number of sulfonamides is 1. The van der Waals surface area contributed by atoms with Crippen LogP contribution in [0.2, 0.25) is 0 Å². The molecular weight excluding hydrogens is 449 g/mol. The van der Waals surface area contributed by atoms with Crippen LogP contribution in [-0.4, -0.2) is 42.5 Å². The van der Waals surface area contributed by atoms with Crippen LogP contribution in [0, 0.1) is 12.7 Å². The summed E-state index contributed by atoms with van der Waals surface area (Å²) in [7, 11) is -3.51. The number of nitrogens with zero attached hydrogens (tertiary/aromatic N) is 2. The molecule has 1 N–H and O–H groups in total. The average Bonchev–Trinajstić information content (AvgIpc) is 2.78. The molecule has 168 valence electrons. The molecule has 0 spiro atoms. The number of thioether (sulfide) groups is 1. The first-order valence-electron chi connectivity index (χ1n) is 10.4. The van der Waals surface area contributed by atoms with Crippen molar-refractivity contribution in [3.05, 3.63) is 59.9 Å². The van der Waals surface area contributed by atoms with Crippen LogP contribution in [0.4, 0.5) is 10.1 Å². The predicted molar refractivity (Wildman–Crippen MR) is 125 cm³/mol. The Balaban J connectivity index is 1.49. The number of rotatable bonds is 6. The number of amides is 1. The topological polar surface area (TPSA) is 79.4 Å². The molecule has 0 aliphatic carbocycles. The lowest BCUT2D eigenvalue weighted by Crippen LogP contribution is -2.35. The molecule has 0 saturated carbocycles. The van der Waals surface area contributed by atoms with E-state index in [1.54, 1.807) is 28.6 Å². The van der Waals surface area contributed by atoms with Gasteiger partial charge < -0.3 is 5.32 Å². The summed E-state index contributed by atoms with van der Waals surface area (Å²) in [6.45, 7) is 3.02. The standard InChI is InChI=1S/C23H24FN3O3S2/c1-16-12-23(31-15-22(28)25-18-7-5-6-17(24)13-18)26-21-9-8-19(14-20(16)21)32(29,30)27-10-3-2-4-11-27/h5-9,12-14H,2-4,10-11,15H2,1H3,(H,25,28). The van der Waals surface area contributed by atoms with Gasteiger partial charge in [-0.25, -0.2) is 17.8 Å². The number of aromatic nitrogens is 1. The molecule has 1 aliphatic rings. The van der Waals surface area contributed by atoms with Crippen LogP contribution < -0.4 is 5.32 Å². The highest BCUT2D eigenvalue weighted by atomic mass is 32.2. The highest BCUT2D eigenvalue weighted by Gasteiger charge is 2.26. The van der Waals surface area contributed by atoms with Crippen molar-refractivity contribution in [3.8, 4) is 0 Å². The summed E-state index contributed by atoms with van der Waals surface area (Å²) in [6, 6.07) is 12.6. The van der Waals surface area contributed by atoms with Gasteiger partial charge in [0, 0.05) is 24.2 Å². The van der Waals surface area contributed by atoms with E-state index in [0.717, 1.165) is 30.2 Å². The molecule has 3 aromatic rings. The Hall–Kier alpha value is -2.49. The maximum absolute atomic E-state index is 13.3. The molecule has 1 aromatic heterocycles. The minimum absolute atomic E-state index is 0.121. The molecule has 1 saturated heterocycles. The molecule has 1 amide bonds. The Labute approximate surface area is 191 Å². The summed E-state index contributed by atoms with van der Waals surface area (Å²) < 4.78 is 40.8. The van der Waals surface area contributed by atoms with Gasteiger partial charge in [-0.2, -0.15) is 4.31 Å². The molecule has 32 heavy (non-hydrogen) atoms. The van der Waals surface area contributed by atoms with Crippen LogP contribution in [0.3, 0.4) is 0 Å². The molecule has 0 bridgehead atoms. The third-order valence-corrected chi connectivity index (χ3v) is 8.18. The van der Waals surface area contributed by atoms with Gasteiger partial charge in [-0.1, -0.05) is 24.2 Å². The van der Waals surface area contributed by atoms with Gasteiger partial charge in [0.15, 0.2) is 0 Å². The van der Waals surface area contributed by atoms with Crippen LogP contribution in [0.5, 0.6) is 0 Å². The number of carbonyl (C=O) groups excluding carboxylic acids is 1. The van der Waals surface area contributed by atoms with Crippen molar-refractivity contribution < 1.29 is 17.6 Å². The van der Waals surface area contributed by atoms with Gasteiger partial charge in [0.1, 0.15) is 5.82 Å². The summed E-state index contributed by atoms with van der Waals surface area (Å²) in [5, 5.41) is 4.10. The van der Waals surface area contributed by atoms with Gasteiger partial charge in [0.2, 0.25) is 15.9 Å². The fourth-order valence-corrected chi connectivity index (χ4v) is 6.05. The lowest BCUT2D eigenvalue weighted by molar-refractivity contribution is -0.113. The lowest BCUT2D eigenvalue weighted by Gasteiger charge is -2.26. The SMILES string of the molecule is Cc1cc(SCC(=O)Nc2cccc(F)c2)nc2ccc(S(=O)(=O)N3CCCCC3)cc12. The molecular formula is C23H24FN3O3S2. The second-order valence-electron chi connectivity index (χ2n) is 7.77. The molecule has 1 aliphatic heterocycles. The fourth-order valence-electron chi connectivity index (χ4n) is 3.73. The van der Waals surface area contributed by atoms with E-state index in [1.807, 2.05) is 13.0 Å². The molecule has 0 atom stereocenters. The number of aryl methyl sites for hydroxylation is 1. The predicted octanol–water partition coefficient (Wildman–Crippen LogP) is 4.59. The number of fused-ring (bicyclic) bond motifs is 1. The number of hydrogen-bond donors (Lipinski definition) is 1.